The Bertz CT molecular complexity index is 413. The first-order valence-electron chi connectivity index (χ1n) is 5.60. The van der Waals surface area contributed by atoms with Crippen molar-refractivity contribution in [2.45, 2.75) is 39.9 Å². The third-order valence-electron chi connectivity index (χ3n) is 2.67. The lowest BCUT2D eigenvalue weighted by molar-refractivity contribution is 0.0603. The lowest BCUT2D eigenvalue weighted by atomic mass is 10.1. The molecule has 1 rings (SSSR count). The van der Waals surface area contributed by atoms with Gasteiger partial charge in [-0.3, -0.25) is 0 Å². The molecule has 17 heavy (non-hydrogen) atoms. The van der Waals surface area contributed by atoms with Gasteiger partial charge in [0.05, 0.1) is 11.8 Å². The standard InChI is InChI=1S/C13H19NO3/c1-8-5-6-12(9(2)14-16)13(7-8)17-11(4)10(3)15/h5-7,10-11,15-16H,1-4H3. The number of aliphatic hydroxyl groups is 1. The number of rotatable bonds is 4. The van der Waals surface area contributed by atoms with E-state index >= 15 is 0 Å². The van der Waals surface area contributed by atoms with Gasteiger partial charge in [-0.25, -0.2) is 0 Å². The number of oxime groups is 1. The van der Waals surface area contributed by atoms with Gasteiger partial charge in [-0.05, 0) is 45.4 Å². The number of hydrogen-bond donors (Lipinski definition) is 2. The molecule has 0 aliphatic heterocycles. The van der Waals surface area contributed by atoms with Crippen molar-refractivity contribution in [3.63, 3.8) is 0 Å². The van der Waals surface area contributed by atoms with Crippen LogP contribution in [0, 0.1) is 6.92 Å². The van der Waals surface area contributed by atoms with Crippen molar-refractivity contribution in [3.8, 4) is 5.75 Å². The Morgan fingerprint density at radius 1 is 1.35 bits per heavy atom. The van der Waals surface area contributed by atoms with Gasteiger partial charge in [0.25, 0.3) is 0 Å². The smallest absolute Gasteiger partial charge is 0.129 e. The molecule has 0 saturated carbocycles. The van der Waals surface area contributed by atoms with Crippen LogP contribution < -0.4 is 4.74 Å². The molecule has 2 atom stereocenters. The van der Waals surface area contributed by atoms with E-state index in [2.05, 4.69) is 5.16 Å². The second-order valence-corrected chi connectivity index (χ2v) is 4.25. The summed E-state index contributed by atoms with van der Waals surface area (Å²) in [6, 6.07) is 5.63. The first kappa shape index (κ1) is 13.5. The topological polar surface area (TPSA) is 62.1 Å². The minimum Gasteiger partial charge on any atom is -0.487 e. The maximum Gasteiger partial charge on any atom is 0.129 e. The molecule has 0 aliphatic rings. The van der Waals surface area contributed by atoms with E-state index in [0.717, 1.165) is 11.1 Å². The van der Waals surface area contributed by atoms with Crippen LogP contribution in [0.1, 0.15) is 31.9 Å². The van der Waals surface area contributed by atoms with Gasteiger partial charge in [0.1, 0.15) is 11.9 Å². The van der Waals surface area contributed by atoms with Crippen LogP contribution in [-0.2, 0) is 0 Å². The lowest BCUT2D eigenvalue weighted by Crippen LogP contribution is -2.26. The first-order valence-corrected chi connectivity index (χ1v) is 5.60. The van der Waals surface area contributed by atoms with Crippen molar-refractivity contribution in [1.29, 1.82) is 0 Å². The first-order chi connectivity index (χ1) is 7.95. The molecule has 0 fully saturated rings. The Kier molecular flexibility index (Phi) is 4.52. The molecular weight excluding hydrogens is 218 g/mol. The molecule has 4 nitrogen and oxygen atoms in total. The molecule has 2 unspecified atom stereocenters. The molecule has 94 valence electrons. The minimum absolute atomic E-state index is 0.318. The van der Waals surface area contributed by atoms with Gasteiger partial charge in [0, 0.05) is 5.56 Å². The second-order valence-electron chi connectivity index (χ2n) is 4.25. The summed E-state index contributed by atoms with van der Waals surface area (Å²) >= 11 is 0. The maximum absolute atomic E-state index is 9.43. The summed E-state index contributed by atoms with van der Waals surface area (Å²) in [5, 5.41) is 21.4. The fourth-order valence-electron chi connectivity index (χ4n) is 1.38. The van der Waals surface area contributed by atoms with Crippen LogP contribution in [0.25, 0.3) is 0 Å². The summed E-state index contributed by atoms with van der Waals surface area (Å²) < 4.78 is 5.67. The molecule has 0 radical (unpaired) electrons. The Balaban J connectivity index is 3.07. The molecule has 4 heteroatoms. The molecule has 0 bridgehead atoms. The Hall–Kier alpha value is -1.55. The molecule has 0 heterocycles. The van der Waals surface area contributed by atoms with Crippen molar-refractivity contribution in [2.24, 2.45) is 5.16 Å². The molecule has 0 spiro atoms. The monoisotopic (exact) mass is 237 g/mol. The quantitative estimate of drug-likeness (QED) is 0.480. The predicted octanol–water partition coefficient (Wildman–Crippen LogP) is 2.34. The average molecular weight is 237 g/mol. The van der Waals surface area contributed by atoms with Gasteiger partial charge < -0.3 is 15.1 Å². The second kappa shape index (κ2) is 5.68. The molecule has 0 aliphatic carbocycles. The van der Waals surface area contributed by atoms with Crippen molar-refractivity contribution in [1.82, 2.24) is 0 Å². The van der Waals surface area contributed by atoms with E-state index in [9.17, 15) is 5.11 Å². The van der Waals surface area contributed by atoms with Gasteiger partial charge in [-0.1, -0.05) is 11.2 Å². The van der Waals surface area contributed by atoms with Crippen LogP contribution in [-0.4, -0.2) is 28.2 Å². The van der Waals surface area contributed by atoms with Gasteiger partial charge in [-0.15, -0.1) is 0 Å². The summed E-state index contributed by atoms with van der Waals surface area (Å²) in [4.78, 5) is 0. The largest absolute Gasteiger partial charge is 0.487 e. The summed E-state index contributed by atoms with van der Waals surface area (Å²) in [6.45, 7) is 7.12. The van der Waals surface area contributed by atoms with Crippen molar-refractivity contribution >= 4 is 5.71 Å². The van der Waals surface area contributed by atoms with Crippen LogP contribution in [0.4, 0.5) is 0 Å². The summed E-state index contributed by atoms with van der Waals surface area (Å²) in [5.41, 5.74) is 2.26. The lowest BCUT2D eigenvalue weighted by Gasteiger charge is -2.19. The average Bonchev–Trinajstić information content (AvgIpc) is 2.28. The fourth-order valence-corrected chi connectivity index (χ4v) is 1.38. The van der Waals surface area contributed by atoms with E-state index in [1.165, 1.54) is 0 Å². The fraction of sp³-hybridized carbons (Fsp3) is 0.462. The summed E-state index contributed by atoms with van der Waals surface area (Å²) in [6.07, 6.45) is -0.878. The summed E-state index contributed by atoms with van der Waals surface area (Å²) in [5.74, 6) is 0.619. The highest BCUT2D eigenvalue weighted by molar-refractivity contribution is 6.00. The zero-order valence-electron chi connectivity index (χ0n) is 10.6. The Labute approximate surface area is 102 Å². The van der Waals surface area contributed by atoms with Crippen molar-refractivity contribution in [2.75, 3.05) is 0 Å². The van der Waals surface area contributed by atoms with E-state index in [4.69, 9.17) is 9.94 Å². The molecule has 1 aromatic carbocycles. The summed E-state index contributed by atoms with van der Waals surface area (Å²) in [7, 11) is 0. The van der Waals surface area contributed by atoms with E-state index in [1.54, 1.807) is 20.8 Å². The molecule has 0 amide bonds. The molecule has 2 N–H and O–H groups in total. The van der Waals surface area contributed by atoms with Gasteiger partial charge in [0.15, 0.2) is 0 Å². The third-order valence-corrected chi connectivity index (χ3v) is 2.67. The van der Waals surface area contributed by atoms with Crippen molar-refractivity contribution in [3.05, 3.63) is 29.3 Å². The Morgan fingerprint density at radius 3 is 2.53 bits per heavy atom. The Morgan fingerprint density at radius 2 is 2.00 bits per heavy atom. The molecule has 0 aromatic heterocycles. The number of benzene rings is 1. The normalized spacial score (nSPS) is 15.5. The minimum atomic E-state index is -0.560. The number of nitrogens with zero attached hydrogens (tertiary/aromatic N) is 1. The van der Waals surface area contributed by atoms with Crippen molar-refractivity contribution < 1.29 is 15.1 Å². The van der Waals surface area contributed by atoms with Gasteiger partial charge in [0.2, 0.25) is 0 Å². The molecular formula is C13H19NO3. The van der Waals surface area contributed by atoms with Crippen LogP contribution in [0.2, 0.25) is 0 Å². The highest BCUT2D eigenvalue weighted by Gasteiger charge is 2.14. The maximum atomic E-state index is 9.43. The highest BCUT2D eigenvalue weighted by Crippen LogP contribution is 2.23. The number of hydrogen-bond acceptors (Lipinski definition) is 4. The zero-order valence-corrected chi connectivity index (χ0v) is 10.6. The zero-order chi connectivity index (χ0) is 13.0. The SMILES string of the molecule is CC(=NO)c1ccc(C)cc1OC(C)C(C)O. The predicted molar refractivity (Wildman–Crippen MR) is 66.9 cm³/mol. The van der Waals surface area contributed by atoms with E-state index in [0.29, 0.717) is 11.5 Å². The third kappa shape index (κ3) is 3.46. The van der Waals surface area contributed by atoms with E-state index in [1.807, 2.05) is 25.1 Å². The van der Waals surface area contributed by atoms with Gasteiger partial charge in [-0.2, -0.15) is 0 Å². The molecule has 1 aromatic rings. The van der Waals surface area contributed by atoms with Crippen LogP contribution in [0.5, 0.6) is 5.75 Å². The number of aliphatic hydroxyl groups excluding tert-OH is 1. The van der Waals surface area contributed by atoms with Crippen LogP contribution in [0.15, 0.2) is 23.4 Å². The van der Waals surface area contributed by atoms with Crippen LogP contribution >= 0.6 is 0 Å². The number of aryl methyl sites for hydroxylation is 1. The van der Waals surface area contributed by atoms with Gasteiger partial charge >= 0.3 is 0 Å². The van der Waals surface area contributed by atoms with Crippen LogP contribution in [0.3, 0.4) is 0 Å². The molecule has 0 saturated heterocycles. The number of ether oxygens (including phenoxy) is 1. The van der Waals surface area contributed by atoms with E-state index in [-0.39, 0.29) is 6.10 Å². The highest BCUT2D eigenvalue weighted by atomic mass is 16.5. The van der Waals surface area contributed by atoms with E-state index < -0.39 is 6.10 Å².